The van der Waals surface area contributed by atoms with Crippen molar-refractivity contribution in [3.63, 3.8) is 0 Å². The number of methoxy groups -OCH3 is 1. The fourth-order valence-corrected chi connectivity index (χ4v) is 4.36. The highest BCUT2D eigenvalue weighted by Gasteiger charge is 2.36. The van der Waals surface area contributed by atoms with Crippen molar-refractivity contribution in [3.8, 4) is 0 Å². The summed E-state index contributed by atoms with van der Waals surface area (Å²) < 4.78 is 5.01. The number of hydrogen-bond acceptors (Lipinski definition) is 3. The Morgan fingerprint density at radius 2 is 1.82 bits per heavy atom. The van der Waals surface area contributed by atoms with Crippen LogP contribution in [0.1, 0.15) is 56.6 Å². The van der Waals surface area contributed by atoms with E-state index >= 15 is 0 Å². The Bertz CT molecular complexity index is 631. The molecule has 2 aliphatic rings. The molecule has 0 bridgehead atoms. The zero-order chi connectivity index (χ0) is 19.8. The van der Waals surface area contributed by atoms with Crippen LogP contribution in [0.25, 0.3) is 0 Å². The minimum atomic E-state index is -0.172. The zero-order valence-corrected chi connectivity index (χ0v) is 16.9. The molecule has 6 heteroatoms. The van der Waals surface area contributed by atoms with Gasteiger partial charge in [0.25, 0.3) is 0 Å². The largest absolute Gasteiger partial charge is 0.383 e. The van der Waals surface area contributed by atoms with E-state index in [-0.39, 0.29) is 29.9 Å². The topological polar surface area (TPSA) is 70.7 Å². The number of nitrogens with one attached hydrogen (secondary N) is 2. The van der Waals surface area contributed by atoms with Crippen molar-refractivity contribution >= 4 is 11.9 Å². The molecule has 3 amide bonds. The van der Waals surface area contributed by atoms with E-state index < -0.39 is 0 Å². The van der Waals surface area contributed by atoms with Crippen LogP contribution in [0.3, 0.4) is 0 Å². The van der Waals surface area contributed by atoms with E-state index in [0.29, 0.717) is 19.7 Å². The number of carbonyl (C=O) groups is 2. The summed E-state index contributed by atoms with van der Waals surface area (Å²) in [5.41, 5.74) is 1.14. The van der Waals surface area contributed by atoms with Gasteiger partial charge in [0.15, 0.2) is 0 Å². The van der Waals surface area contributed by atoms with Gasteiger partial charge in [-0.15, -0.1) is 0 Å². The molecular weight excluding hydrogens is 354 g/mol. The van der Waals surface area contributed by atoms with Crippen LogP contribution in [-0.2, 0) is 9.53 Å². The minimum absolute atomic E-state index is 0.0130. The molecule has 2 N–H and O–H groups in total. The number of rotatable bonds is 6. The first-order valence-corrected chi connectivity index (χ1v) is 10.6. The lowest BCUT2D eigenvalue weighted by atomic mass is 9.88. The summed E-state index contributed by atoms with van der Waals surface area (Å²) in [5, 5.41) is 6.16. The van der Waals surface area contributed by atoms with Crippen LogP contribution in [0.2, 0.25) is 0 Å². The zero-order valence-electron chi connectivity index (χ0n) is 16.9. The van der Waals surface area contributed by atoms with Crippen LogP contribution in [0.4, 0.5) is 4.79 Å². The molecule has 1 aromatic rings. The summed E-state index contributed by atoms with van der Waals surface area (Å²) in [6, 6.07) is 10.4. The third-order valence-corrected chi connectivity index (χ3v) is 5.94. The average Bonchev–Trinajstić information content (AvgIpc) is 2.74. The Kier molecular flexibility index (Phi) is 7.71. The molecule has 1 aliphatic carbocycles. The molecule has 3 rings (SSSR count). The summed E-state index contributed by atoms with van der Waals surface area (Å²) in [5.74, 6) is -0.159. The number of urea groups is 1. The van der Waals surface area contributed by atoms with Gasteiger partial charge in [-0.2, -0.15) is 0 Å². The van der Waals surface area contributed by atoms with Crippen molar-refractivity contribution < 1.29 is 14.3 Å². The maximum Gasteiger partial charge on any atom is 0.318 e. The van der Waals surface area contributed by atoms with Crippen molar-refractivity contribution in [1.82, 2.24) is 15.5 Å². The summed E-state index contributed by atoms with van der Waals surface area (Å²) >= 11 is 0. The predicted octanol–water partition coefficient (Wildman–Crippen LogP) is 3.24. The number of nitrogens with zero attached hydrogens (tertiary/aromatic N) is 1. The van der Waals surface area contributed by atoms with E-state index in [0.717, 1.165) is 31.2 Å². The first-order chi connectivity index (χ1) is 13.7. The molecule has 0 radical (unpaired) electrons. The van der Waals surface area contributed by atoms with Crippen LogP contribution in [0.5, 0.6) is 0 Å². The Hall–Kier alpha value is -2.08. The number of carbonyl (C=O) groups excluding carboxylic acids is 2. The molecule has 28 heavy (non-hydrogen) atoms. The lowest BCUT2D eigenvalue weighted by molar-refractivity contribution is -0.127. The highest BCUT2D eigenvalue weighted by Crippen LogP contribution is 2.34. The molecule has 1 saturated heterocycles. The molecule has 1 aliphatic heterocycles. The number of benzene rings is 1. The van der Waals surface area contributed by atoms with Gasteiger partial charge < -0.3 is 20.3 Å². The second-order valence-electron chi connectivity index (χ2n) is 7.92. The molecular formula is C22H33N3O3. The molecule has 1 aromatic carbocycles. The van der Waals surface area contributed by atoms with Gasteiger partial charge in [0, 0.05) is 26.2 Å². The van der Waals surface area contributed by atoms with E-state index in [4.69, 9.17) is 4.74 Å². The van der Waals surface area contributed by atoms with Crippen molar-refractivity contribution in [3.05, 3.63) is 35.9 Å². The van der Waals surface area contributed by atoms with Crippen molar-refractivity contribution in [2.24, 2.45) is 5.92 Å². The lowest BCUT2D eigenvalue weighted by Gasteiger charge is -2.40. The van der Waals surface area contributed by atoms with Crippen molar-refractivity contribution in [2.45, 2.75) is 57.0 Å². The van der Waals surface area contributed by atoms with Crippen LogP contribution < -0.4 is 10.6 Å². The highest BCUT2D eigenvalue weighted by molar-refractivity contribution is 5.81. The van der Waals surface area contributed by atoms with Crippen molar-refractivity contribution in [2.75, 3.05) is 26.8 Å². The van der Waals surface area contributed by atoms with E-state index in [1.54, 1.807) is 7.11 Å². The molecule has 2 fully saturated rings. The average molecular weight is 388 g/mol. The second kappa shape index (κ2) is 10.5. The molecule has 6 nitrogen and oxygen atoms in total. The van der Waals surface area contributed by atoms with E-state index in [2.05, 4.69) is 22.8 Å². The Morgan fingerprint density at radius 1 is 1.07 bits per heavy atom. The number of likely N-dealkylation sites (tertiary alicyclic amines) is 1. The predicted molar refractivity (Wildman–Crippen MR) is 109 cm³/mol. The Labute approximate surface area is 168 Å². The summed E-state index contributed by atoms with van der Waals surface area (Å²) in [6.45, 7) is 1.45. The van der Waals surface area contributed by atoms with Gasteiger partial charge in [-0.1, -0.05) is 49.6 Å². The van der Waals surface area contributed by atoms with Gasteiger partial charge in [0.05, 0.1) is 18.6 Å². The maximum absolute atomic E-state index is 13.1. The number of piperidine rings is 1. The van der Waals surface area contributed by atoms with Gasteiger partial charge in [-0.25, -0.2) is 4.79 Å². The molecule has 0 spiro atoms. The smallest absolute Gasteiger partial charge is 0.318 e. The van der Waals surface area contributed by atoms with Gasteiger partial charge >= 0.3 is 6.03 Å². The van der Waals surface area contributed by atoms with Crippen LogP contribution >= 0.6 is 0 Å². The summed E-state index contributed by atoms with van der Waals surface area (Å²) in [7, 11) is 1.62. The monoisotopic (exact) mass is 387 g/mol. The molecule has 2 unspecified atom stereocenters. The lowest BCUT2D eigenvalue weighted by Crippen LogP contribution is -2.52. The quantitative estimate of drug-likeness (QED) is 0.736. The van der Waals surface area contributed by atoms with Crippen molar-refractivity contribution in [1.29, 1.82) is 0 Å². The summed E-state index contributed by atoms with van der Waals surface area (Å²) in [4.78, 5) is 27.6. The SMILES string of the molecule is COCCNC(=O)C1CCC(c2ccccc2)N(C(=O)NC2CCCCC2)C1. The van der Waals surface area contributed by atoms with E-state index in [9.17, 15) is 9.59 Å². The van der Waals surface area contributed by atoms with E-state index in [1.807, 2.05) is 23.1 Å². The van der Waals surface area contributed by atoms with Gasteiger partial charge in [-0.05, 0) is 31.2 Å². The standard InChI is InChI=1S/C22H33N3O3/c1-28-15-14-23-21(26)18-12-13-20(17-8-4-2-5-9-17)25(16-18)22(27)24-19-10-6-3-7-11-19/h2,4-5,8-9,18-20H,3,6-7,10-16H2,1H3,(H,23,26)(H,24,27). The minimum Gasteiger partial charge on any atom is -0.383 e. The highest BCUT2D eigenvalue weighted by atomic mass is 16.5. The first-order valence-electron chi connectivity index (χ1n) is 10.6. The maximum atomic E-state index is 13.1. The van der Waals surface area contributed by atoms with Gasteiger partial charge in [0.1, 0.15) is 0 Å². The fraction of sp³-hybridized carbons (Fsp3) is 0.636. The number of hydrogen-bond donors (Lipinski definition) is 2. The fourth-order valence-electron chi connectivity index (χ4n) is 4.36. The first kappa shape index (κ1) is 20.6. The molecule has 0 aromatic heterocycles. The number of amides is 3. The molecule has 1 heterocycles. The second-order valence-corrected chi connectivity index (χ2v) is 7.92. The Morgan fingerprint density at radius 3 is 2.54 bits per heavy atom. The summed E-state index contributed by atoms with van der Waals surface area (Å²) in [6.07, 6.45) is 7.30. The molecule has 2 atom stereocenters. The van der Waals surface area contributed by atoms with Crippen LogP contribution in [-0.4, -0.2) is 49.7 Å². The van der Waals surface area contributed by atoms with Gasteiger partial charge in [0.2, 0.25) is 5.91 Å². The molecule has 1 saturated carbocycles. The van der Waals surface area contributed by atoms with Crippen LogP contribution in [0, 0.1) is 5.92 Å². The third kappa shape index (κ3) is 5.47. The normalized spacial score (nSPS) is 23.2. The van der Waals surface area contributed by atoms with Gasteiger partial charge in [-0.3, -0.25) is 4.79 Å². The van der Waals surface area contributed by atoms with Crippen LogP contribution in [0.15, 0.2) is 30.3 Å². The van der Waals surface area contributed by atoms with E-state index in [1.165, 1.54) is 19.3 Å². The molecule has 154 valence electrons. The number of ether oxygens (including phenoxy) is 1. The Balaban J connectivity index is 1.68. The third-order valence-electron chi connectivity index (χ3n) is 5.94.